The molecule has 0 bridgehead atoms. The fraction of sp³-hybridized carbons (Fsp3) is 0.0833. The fourth-order valence-electron chi connectivity index (χ4n) is 1.29. The van der Waals surface area contributed by atoms with E-state index >= 15 is 0 Å². The Balaban J connectivity index is 2.48. The lowest BCUT2D eigenvalue weighted by Gasteiger charge is -2.02. The van der Waals surface area contributed by atoms with Gasteiger partial charge in [0.15, 0.2) is 0 Å². The number of aryl methyl sites for hydroxylation is 1. The number of benzene rings is 1. The molecule has 0 aliphatic carbocycles. The predicted molar refractivity (Wildman–Crippen MR) is 59.4 cm³/mol. The molecule has 0 spiro atoms. The average molecular weight is 204 g/mol. The molecule has 2 heteroatoms. The third-order valence-electron chi connectivity index (χ3n) is 2.13. The van der Waals surface area contributed by atoms with E-state index in [0.29, 0.717) is 5.02 Å². The topological polar surface area (TPSA) is 12.9 Å². The summed E-state index contributed by atoms with van der Waals surface area (Å²) < 4.78 is 0. The second-order valence-corrected chi connectivity index (χ2v) is 3.56. The minimum Gasteiger partial charge on any atom is -0.259 e. The van der Waals surface area contributed by atoms with E-state index in [4.69, 9.17) is 11.6 Å². The van der Waals surface area contributed by atoms with Gasteiger partial charge in [0, 0.05) is 11.8 Å². The van der Waals surface area contributed by atoms with Crippen molar-refractivity contribution in [3.05, 3.63) is 53.3 Å². The monoisotopic (exact) mass is 203 g/mol. The van der Waals surface area contributed by atoms with Crippen LogP contribution in [0.3, 0.4) is 0 Å². The Morgan fingerprint density at radius 1 is 1.07 bits per heavy atom. The molecular formula is C12H10ClN. The van der Waals surface area contributed by atoms with Gasteiger partial charge in [-0.2, -0.15) is 0 Å². The third kappa shape index (κ3) is 1.78. The molecule has 2 rings (SSSR count). The Bertz CT molecular complexity index is 437. The van der Waals surface area contributed by atoms with Crippen molar-refractivity contribution in [3.8, 4) is 11.1 Å². The fourth-order valence-corrected chi connectivity index (χ4v) is 1.46. The van der Waals surface area contributed by atoms with Crippen molar-refractivity contribution in [2.75, 3.05) is 0 Å². The molecule has 0 aliphatic heterocycles. The summed E-state index contributed by atoms with van der Waals surface area (Å²) in [7, 11) is 0. The molecule has 0 N–H and O–H groups in total. The zero-order chi connectivity index (χ0) is 9.97. The molecule has 14 heavy (non-hydrogen) atoms. The Morgan fingerprint density at radius 2 is 1.79 bits per heavy atom. The lowest BCUT2D eigenvalue weighted by molar-refractivity contribution is 1.20. The smallest absolute Gasteiger partial charge is 0.0624 e. The molecule has 0 saturated heterocycles. The predicted octanol–water partition coefficient (Wildman–Crippen LogP) is 3.71. The molecule has 0 atom stereocenters. The molecule has 1 aromatic carbocycles. The highest BCUT2D eigenvalue weighted by Crippen LogP contribution is 2.22. The maximum Gasteiger partial charge on any atom is 0.0624 e. The Morgan fingerprint density at radius 3 is 2.43 bits per heavy atom. The molecule has 1 nitrogen and oxygen atoms in total. The maximum absolute atomic E-state index is 6.00. The Labute approximate surface area is 88.4 Å². The molecule has 0 unspecified atom stereocenters. The number of hydrogen-bond donors (Lipinski definition) is 0. The summed E-state index contributed by atoms with van der Waals surface area (Å²) in [4.78, 5) is 4.22. The molecule has 70 valence electrons. The van der Waals surface area contributed by atoms with Crippen LogP contribution in [0.1, 0.15) is 5.69 Å². The first kappa shape index (κ1) is 9.22. The lowest BCUT2D eigenvalue weighted by atomic mass is 10.1. The van der Waals surface area contributed by atoms with E-state index in [9.17, 15) is 0 Å². The zero-order valence-electron chi connectivity index (χ0n) is 7.87. The van der Waals surface area contributed by atoms with Crippen LogP contribution in [-0.2, 0) is 0 Å². The molecule has 1 aromatic heterocycles. The van der Waals surface area contributed by atoms with Crippen molar-refractivity contribution in [1.82, 2.24) is 4.98 Å². The largest absolute Gasteiger partial charge is 0.259 e. The summed E-state index contributed by atoms with van der Waals surface area (Å²) in [6.07, 6.45) is 1.84. The highest BCUT2D eigenvalue weighted by molar-refractivity contribution is 6.31. The van der Waals surface area contributed by atoms with Gasteiger partial charge >= 0.3 is 0 Å². The first-order chi connectivity index (χ1) is 6.77. The van der Waals surface area contributed by atoms with Gasteiger partial charge in [0.1, 0.15) is 0 Å². The molecule has 0 aliphatic rings. The lowest BCUT2D eigenvalue weighted by Crippen LogP contribution is -1.84. The second-order valence-electron chi connectivity index (χ2n) is 3.16. The SMILES string of the molecule is Cc1ncc(-c2ccccc2)cc1Cl. The van der Waals surface area contributed by atoms with Crippen LogP contribution in [0, 0.1) is 6.92 Å². The van der Waals surface area contributed by atoms with Crippen LogP contribution in [0.2, 0.25) is 5.02 Å². The normalized spacial score (nSPS) is 10.1. The first-order valence-electron chi connectivity index (χ1n) is 4.45. The van der Waals surface area contributed by atoms with E-state index in [2.05, 4.69) is 4.98 Å². The average Bonchev–Trinajstić information content (AvgIpc) is 2.23. The van der Waals surface area contributed by atoms with E-state index in [1.807, 2.05) is 49.5 Å². The standard InChI is InChI=1S/C12H10ClN/c1-9-12(13)7-11(8-14-9)10-5-3-2-4-6-10/h2-8H,1H3. The number of hydrogen-bond acceptors (Lipinski definition) is 1. The van der Waals surface area contributed by atoms with Crippen molar-refractivity contribution in [1.29, 1.82) is 0 Å². The highest BCUT2D eigenvalue weighted by atomic mass is 35.5. The van der Waals surface area contributed by atoms with Gasteiger partial charge in [-0.25, -0.2) is 0 Å². The van der Waals surface area contributed by atoms with E-state index in [1.54, 1.807) is 0 Å². The van der Waals surface area contributed by atoms with Crippen LogP contribution < -0.4 is 0 Å². The molecule has 0 saturated carbocycles. The van der Waals surface area contributed by atoms with Gasteiger partial charge in [-0.3, -0.25) is 4.98 Å². The van der Waals surface area contributed by atoms with Crippen LogP contribution in [0.25, 0.3) is 11.1 Å². The number of aromatic nitrogens is 1. The highest BCUT2D eigenvalue weighted by Gasteiger charge is 2.00. The van der Waals surface area contributed by atoms with Gasteiger partial charge < -0.3 is 0 Å². The summed E-state index contributed by atoms with van der Waals surface area (Å²) in [5.41, 5.74) is 3.06. The van der Waals surface area contributed by atoms with Crippen molar-refractivity contribution >= 4 is 11.6 Å². The van der Waals surface area contributed by atoms with Gasteiger partial charge in [-0.1, -0.05) is 41.9 Å². The minimum atomic E-state index is 0.714. The quantitative estimate of drug-likeness (QED) is 0.689. The van der Waals surface area contributed by atoms with Crippen molar-refractivity contribution in [2.45, 2.75) is 6.92 Å². The van der Waals surface area contributed by atoms with Crippen LogP contribution in [0.5, 0.6) is 0 Å². The molecule has 0 amide bonds. The number of pyridine rings is 1. The van der Waals surface area contributed by atoms with Crippen molar-refractivity contribution < 1.29 is 0 Å². The summed E-state index contributed by atoms with van der Waals surface area (Å²) in [5.74, 6) is 0. The van der Waals surface area contributed by atoms with Crippen LogP contribution in [-0.4, -0.2) is 4.98 Å². The number of halogens is 1. The minimum absolute atomic E-state index is 0.714. The summed E-state index contributed by atoms with van der Waals surface area (Å²) in [6, 6.07) is 12.0. The van der Waals surface area contributed by atoms with Crippen LogP contribution in [0.4, 0.5) is 0 Å². The Hall–Kier alpha value is -1.34. The molecule has 0 radical (unpaired) electrons. The third-order valence-corrected chi connectivity index (χ3v) is 2.51. The number of nitrogens with zero attached hydrogens (tertiary/aromatic N) is 1. The van der Waals surface area contributed by atoms with Crippen LogP contribution in [0.15, 0.2) is 42.6 Å². The van der Waals surface area contributed by atoms with Crippen LogP contribution >= 0.6 is 11.6 Å². The Kier molecular flexibility index (Phi) is 2.51. The van der Waals surface area contributed by atoms with E-state index in [1.165, 1.54) is 0 Å². The second kappa shape index (κ2) is 3.81. The van der Waals surface area contributed by atoms with E-state index < -0.39 is 0 Å². The van der Waals surface area contributed by atoms with Gasteiger partial charge in [-0.15, -0.1) is 0 Å². The van der Waals surface area contributed by atoms with Crippen molar-refractivity contribution in [3.63, 3.8) is 0 Å². The van der Waals surface area contributed by atoms with Gasteiger partial charge in [0.05, 0.1) is 10.7 Å². The number of rotatable bonds is 1. The van der Waals surface area contributed by atoms with Crippen molar-refractivity contribution in [2.24, 2.45) is 0 Å². The molecular weight excluding hydrogens is 194 g/mol. The van der Waals surface area contributed by atoms with E-state index in [0.717, 1.165) is 16.8 Å². The summed E-state index contributed by atoms with van der Waals surface area (Å²) in [5, 5.41) is 0.714. The zero-order valence-corrected chi connectivity index (χ0v) is 8.62. The molecule has 0 fully saturated rings. The molecule has 2 aromatic rings. The van der Waals surface area contributed by atoms with Gasteiger partial charge in [-0.05, 0) is 18.6 Å². The van der Waals surface area contributed by atoms with Gasteiger partial charge in [0.25, 0.3) is 0 Å². The van der Waals surface area contributed by atoms with Gasteiger partial charge in [0.2, 0.25) is 0 Å². The first-order valence-corrected chi connectivity index (χ1v) is 4.83. The summed E-state index contributed by atoms with van der Waals surface area (Å²) in [6.45, 7) is 1.90. The maximum atomic E-state index is 6.00. The molecule has 1 heterocycles. The summed E-state index contributed by atoms with van der Waals surface area (Å²) >= 11 is 6.00. The van der Waals surface area contributed by atoms with E-state index in [-0.39, 0.29) is 0 Å².